The maximum Gasteiger partial charge on any atom is 0.135 e. The third kappa shape index (κ3) is 1.85. The molecule has 1 aromatic heterocycles. The van der Waals surface area contributed by atoms with Gasteiger partial charge in [0.05, 0.1) is 12.1 Å². The van der Waals surface area contributed by atoms with E-state index in [-0.39, 0.29) is 0 Å². The monoisotopic (exact) mass is 223 g/mol. The van der Waals surface area contributed by atoms with E-state index in [9.17, 15) is 0 Å². The van der Waals surface area contributed by atoms with Crippen molar-refractivity contribution in [3.63, 3.8) is 0 Å². The highest BCUT2D eigenvalue weighted by Crippen LogP contribution is 2.25. The predicted molar refractivity (Wildman–Crippen MR) is 63.4 cm³/mol. The summed E-state index contributed by atoms with van der Waals surface area (Å²) in [6.07, 6.45) is 0. The molecule has 1 aromatic carbocycles. The Bertz CT molecular complexity index is 476. The van der Waals surface area contributed by atoms with Crippen LogP contribution in [0.3, 0.4) is 0 Å². The van der Waals surface area contributed by atoms with Crippen LogP contribution < -0.4 is 5.32 Å². The van der Waals surface area contributed by atoms with Gasteiger partial charge in [-0.15, -0.1) is 0 Å². The Labute approximate surface area is 94.0 Å². The van der Waals surface area contributed by atoms with Gasteiger partial charge < -0.3 is 5.32 Å². The van der Waals surface area contributed by atoms with Gasteiger partial charge in [-0.25, -0.2) is 0 Å². The molecule has 0 saturated carbocycles. The third-order valence-electron chi connectivity index (χ3n) is 2.49. The van der Waals surface area contributed by atoms with E-state index < -0.39 is 0 Å². The Kier molecular flexibility index (Phi) is 2.93. The number of rotatable bonds is 3. The van der Waals surface area contributed by atoms with E-state index in [1.807, 2.05) is 23.9 Å². The van der Waals surface area contributed by atoms with Crippen LogP contribution in [0.2, 0.25) is 5.15 Å². The van der Waals surface area contributed by atoms with Crippen LogP contribution in [-0.4, -0.2) is 23.4 Å². The van der Waals surface area contributed by atoms with Crippen LogP contribution in [-0.2, 0) is 6.54 Å². The lowest BCUT2D eigenvalue weighted by atomic mass is 10.1. The summed E-state index contributed by atoms with van der Waals surface area (Å²) in [5.41, 5.74) is 2.14. The van der Waals surface area contributed by atoms with Gasteiger partial charge in [0.25, 0.3) is 0 Å². The van der Waals surface area contributed by atoms with Crippen molar-refractivity contribution in [2.24, 2.45) is 0 Å². The molecule has 1 N–H and O–H groups in total. The highest BCUT2D eigenvalue weighted by Gasteiger charge is 2.09. The van der Waals surface area contributed by atoms with Crippen molar-refractivity contribution in [2.45, 2.75) is 13.5 Å². The van der Waals surface area contributed by atoms with E-state index >= 15 is 0 Å². The van der Waals surface area contributed by atoms with E-state index in [0.29, 0.717) is 0 Å². The summed E-state index contributed by atoms with van der Waals surface area (Å²) in [7, 11) is 1.92. The molecule has 0 radical (unpaired) electrons. The molecular weight excluding hydrogens is 210 g/mol. The smallest absolute Gasteiger partial charge is 0.135 e. The second-order valence-electron chi connectivity index (χ2n) is 3.59. The molecular formula is C11H14ClN3. The lowest BCUT2D eigenvalue weighted by Gasteiger charge is -2.01. The molecule has 4 heteroatoms. The molecule has 3 nitrogen and oxygen atoms in total. The Morgan fingerprint density at radius 1 is 1.47 bits per heavy atom. The highest BCUT2D eigenvalue weighted by atomic mass is 35.5. The van der Waals surface area contributed by atoms with Crippen LogP contribution in [0.5, 0.6) is 0 Å². The minimum atomic E-state index is 0.735. The quantitative estimate of drug-likeness (QED) is 0.865. The molecule has 0 spiro atoms. The second-order valence-corrected chi connectivity index (χ2v) is 3.94. The number of aromatic nitrogens is 2. The molecule has 0 bridgehead atoms. The van der Waals surface area contributed by atoms with Crippen molar-refractivity contribution in [1.29, 1.82) is 0 Å². The molecule has 0 aliphatic carbocycles. The zero-order chi connectivity index (χ0) is 10.8. The van der Waals surface area contributed by atoms with Crippen LogP contribution in [0.25, 0.3) is 10.9 Å². The molecule has 0 atom stereocenters. The molecule has 2 rings (SSSR count). The molecule has 15 heavy (non-hydrogen) atoms. The average molecular weight is 224 g/mol. The minimum Gasteiger partial charge on any atom is -0.318 e. The lowest BCUT2D eigenvalue weighted by Crippen LogP contribution is -2.15. The van der Waals surface area contributed by atoms with E-state index in [0.717, 1.165) is 29.1 Å². The molecule has 0 amide bonds. The third-order valence-corrected chi connectivity index (χ3v) is 2.87. The number of hydrogen-bond acceptors (Lipinski definition) is 2. The zero-order valence-electron chi connectivity index (χ0n) is 8.92. The standard InChI is InChI=1S/C11H14ClN3/c1-8-4-3-5-9-10(8)11(12)15(14-9)7-6-13-2/h3-5,13H,6-7H2,1-2H3. The van der Waals surface area contributed by atoms with Gasteiger partial charge in [-0.1, -0.05) is 23.7 Å². The van der Waals surface area contributed by atoms with Crippen molar-refractivity contribution in [3.05, 3.63) is 28.9 Å². The summed E-state index contributed by atoms with van der Waals surface area (Å²) in [5, 5.41) is 9.34. The summed E-state index contributed by atoms with van der Waals surface area (Å²) < 4.78 is 1.84. The number of nitrogens with zero attached hydrogens (tertiary/aromatic N) is 2. The van der Waals surface area contributed by atoms with Crippen LogP contribution in [0.15, 0.2) is 18.2 Å². The first-order valence-electron chi connectivity index (χ1n) is 5.00. The Morgan fingerprint density at radius 3 is 2.93 bits per heavy atom. The van der Waals surface area contributed by atoms with Gasteiger partial charge in [0.1, 0.15) is 5.15 Å². The number of nitrogens with one attached hydrogen (secondary N) is 1. The van der Waals surface area contributed by atoms with Gasteiger partial charge in [0, 0.05) is 11.9 Å². The maximum atomic E-state index is 6.27. The predicted octanol–water partition coefficient (Wildman–Crippen LogP) is 2.22. The van der Waals surface area contributed by atoms with E-state index in [1.54, 1.807) is 0 Å². The molecule has 0 unspecified atom stereocenters. The average Bonchev–Trinajstić information content (AvgIpc) is 2.54. The summed E-state index contributed by atoms with van der Waals surface area (Å²) in [6.45, 7) is 3.72. The number of likely N-dealkylation sites (N-methyl/N-ethyl adjacent to an activating group) is 1. The fourth-order valence-corrected chi connectivity index (χ4v) is 2.04. The fraction of sp³-hybridized carbons (Fsp3) is 0.364. The van der Waals surface area contributed by atoms with E-state index in [4.69, 9.17) is 11.6 Å². The Balaban J connectivity index is 2.50. The van der Waals surface area contributed by atoms with Gasteiger partial charge in [-0.2, -0.15) is 5.10 Å². The summed E-state index contributed by atoms with van der Waals surface area (Å²) >= 11 is 6.27. The van der Waals surface area contributed by atoms with Crippen molar-refractivity contribution < 1.29 is 0 Å². The number of halogens is 1. The fourth-order valence-electron chi connectivity index (χ4n) is 1.67. The molecule has 0 aliphatic heterocycles. The van der Waals surface area contributed by atoms with Crippen molar-refractivity contribution in [2.75, 3.05) is 13.6 Å². The van der Waals surface area contributed by atoms with E-state index in [2.05, 4.69) is 23.4 Å². The van der Waals surface area contributed by atoms with Gasteiger partial charge >= 0.3 is 0 Å². The number of hydrogen-bond donors (Lipinski definition) is 1. The summed E-state index contributed by atoms with van der Waals surface area (Å²) in [5.74, 6) is 0. The zero-order valence-corrected chi connectivity index (χ0v) is 9.67. The molecule has 0 fully saturated rings. The molecule has 0 aliphatic rings. The topological polar surface area (TPSA) is 29.9 Å². The summed E-state index contributed by atoms with van der Waals surface area (Å²) in [4.78, 5) is 0. The molecule has 2 aromatic rings. The molecule has 0 saturated heterocycles. The van der Waals surface area contributed by atoms with Crippen LogP contribution in [0.1, 0.15) is 5.56 Å². The Morgan fingerprint density at radius 2 is 2.27 bits per heavy atom. The first-order chi connectivity index (χ1) is 7.24. The first-order valence-corrected chi connectivity index (χ1v) is 5.38. The SMILES string of the molecule is CNCCn1nc2cccc(C)c2c1Cl. The van der Waals surface area contributed by atoms with Gasteiger partial charge in [-0.05, 0) is 25.6 Å². The van der Waals surface area contributed by atoms with Gasteiger partial charge in [0.2, 0.25) is 0 Å². The van der Waals surface area contributed by atoms with Crippen molar-refractivity contribution >= 4 is 22.5 Å². The first kappa shape index (κ1) is 10.5. The lowest BCUT2D eigenvalue weighted by molar-refractivity contribution is 0.590. The van der Waals surface area contributed by atoms with Crippen LogP contribution in [0, 0.1) is 6.92 Å². The van der Waals surface area contributed by atoms with Crippen molar-refractivity contribution in [1.82, 2.24) is 15.1 Å². The summed E-state index contributed by atoms with van der Waals surface area (Å²) in [6, 6.07) is 6.05. The van der Waals surface area contributed by atoms with E-state index in [1.165, 1.54) is 5.56 Å². The Hall–Kier alpha value is -1.06. The number of fused-ring (bicyclic) bond motifs is 1. The van der Waals surface area contributed by atoms with Crippen molar-refractivity contribution in [3.8, 4) is 0 Å². The normalized spacial score (nSPS) is 11.1. The largest absolute Gasteiger partial charge is 0.318 e. The molecule has 80 valence electrons. The van der Waals surface area contributed by atoms with Crippen LogP contribution in [0.4, 0.5) is 0 Å². The number of benzene rings is 1. The second kappa shape index (κ2) is 4.21. The van der Waals surface area contributed by atoms with Crippen LogP contribution >= 0.6 is 11.6 Å². The maximum absolute atomic E-state index is 6.27. The number of aryl methyl sites for hydroxylation is 1. The van der Waals surface area contributed by atoms with Gasteiger partial charge in [-0.3, -0.25) is 4.68 Å². The van der Waals surface area contributed by atoms with Gasteiger partial charge in [0.15, 0.2) is 0 Å². The highest BCUT2D eigenvalue weighted by molar-refractivity contribution is 6.34. The minimum absolute atomic E-state index is 0.735. The molecule has 1 heterocycles.